The Morgan fingerprint density at radius 3 is 2.11 bits per heavy atom. The van der Waals surface area contributed by atoms with Crippen LogP contribution in [0.15, 0.2) is 49.1 Å². The van der Waals surface area contributed by atoms with Crippen molar-refractivity contribution in [3.63, 3.8) is 0 Å². The number of nitrogens with one attached hydrogen (secondary N) is 2. The quantitative estimate of drug-likeness (QED) is 0.181. The molecule has 0 saturated carbocycles. The van der Waals surface area contributed by atoms with Crippen molar-refractivity contribution in [3.8, 4) is 0 Å². The summed E-state index contributed by atoms with van der Waals surface area (Å²) in [7, 11) is 0. The van der Waals surface area contributed by atoms with Crippen molar-refractivity contribution < 1.29 is 4.79 Å². The first kappa shape index (κ1) is 33.4. The largest absolute Gasteiger partial charge is 0.349 e. The Kier molecular flexibility index (Phi) is 12.2. The number of carbonyl (C=O) groups excluding carboxylic acids is 1. The topological polar surface area (TPSA) is 110 Å². The lowest BCUT2D eigenvalue weighted by Crippen LogP contribution is -2.42. The predicted molar refractivity (Wildman–Crippen MR) is 181 cm³/mol. The van der Waals surface area contributed by atoms with E-state index in [-0.39, 0.29) is 11.8 Å². The second kappa shape index (κ2) is 16.5. The molecule has 9 heteroatoms. The zero-order chi connectivity index (χ0) is 31.5. The summed E-state index contributed by atoms with van der Waals surface area (Å²) in [4.78, 5) is 36.8. The Hall–Kier alpha value is -3.01. The molecule has 2 aliphatic heterocycles. The lowest BCUT2D eigenvalue weighted by atomic mass is 9.77. The SMILES string of the molecule is CC(C)CN1CCC2(CC1)CCN(Cc1ccc(C(=O)N(CCCCCCN)CC(Cc3ncc[nH]3)Cc3ncc[nH]3)cc1)C2. The summed E-state index contributed by atoms with van der Waals surface area (Å²) in [6.07, 6.45) is 17.0. The van der Waals surface area contributed by atoms with Crippen molar-refractivity contribution >= 4 is 5.91 Å². The van der Waals surface area contributed by atoms with E-state index in [2.05, 4.69) is 60.6 Å². The van der Waals surface area contributed by atoms with Crippen molar-refractivity contribution in [1.82, 2.24) is 34.6 Å². The minimum Gasteiger partial charge on any atom is -0.349 e. The van der Waals surface area contributed by atoms with Gasteiger partial charge in [0.05, 0.1) is 0 Å². The number of benzene rings is 1. The van der Waals surface area contributed by atoms with Gasteiger partial charge in [0.1, 0.15) is 11.6 Å². The molecule has 3 aromatic rings. The van der Waals surface area contributed by atoms with Crippen LogP contribution in [0, 0.1) is 17.3 Å². The first-order valence-electron chi connectivity index (χ1n) is 17.4. The molecule has 2 saturated heterocycles. The molecule has 0 radical (unpaired) electrons. The van der Waals surface area contributed by atoms with E-state index in [1.54, 1.807) is 12.4 Å². The lowest BCUT2D eigenvalue weighted by Gasteiger charge is -2.40. The Balaban J connectivity index is 1.20. The van der Waals surface area contributed by atoms with E-state index >= 15 is 0 Å². The number of nitrogens with zero attached hydrogens (tertiary/aromatic N) is 5. The summed E-state index contributed by atoms with van der Waals surface area (Å²) >= 11 is 0. The Labute approximate surface area is 270 Å². The number of hydrogen-bond acceptors (Lipinski definition) is 6. The summed E-state index contributed by atoms with van der Waals surface area (Å²) in [5, 5.41) is 0. The van der Waals surface area contributed by atoms with Crippen LogP contribution in [0.4, 0.5) is 0 Å². The van der Waals surface area contributed by atoms with E-state index in [9.17, 15) is 4.79 Å². The smallest absolute Gasteiger partial charge is 0.253 e. The second-order valence-electron chi connectivity index (χ2n) is 14.2. The molecule has 1 spiro atoms. The maximum atomic E-state index is 14.0. The van der Waals surface area contributed by atoms with E-state index in [0.717, 1.165) is 81.3 Å². The van der Waals surface area contributed by atoms with Gasteiger partial charge in [0.15, 0.2) is 0 Å². The number of likely N-dealkylation sites (tertiary alicyclic amines) is 2. The van der Waals surface area contributed by atoms with Gasteiger partial charge in [0.2, 0.25) is 0 Å². The van der Waals surface area contributed by atoms with Crippen LogP contribution in [0.2, 0.25) is 0 Å². The van der Waals surface area contributed by atoms with Gasteiger partial charge < -0.3 is 25.5 Å². The molecular weight excluding hydrogens is 560 g/mol. The highest BCUT2D eigenvalue weighted by Crippen LogP contribution is 2.41. The van der Waals surface area contributed by atoms with Gasteiger partial charge in [-0.3, -0.25) is 9.69 Å². The van der Waals surface area contributed by atoms with Crippen molar-refractivity contribution in [3.05, 3.63) is 71.8 Å². The van der Waals surface area contributed by atoms with E-state index in [4.69, 9.17) is 5.73 Å². The molecular formula is C36H56N8O. The van der Waals surface area contributed by atoms with Crippen LogP contribution in [0.1, 0.15) is 86.4 Å². The van der Waals surface area contributed by atoms with Crippen molar-refractivity contribution in [1.29, 1.82) is 0 Å². The molecule has 1 amide bonds. The van der Waals surface area contributed by atoms with Crippen LogP contribution in [0.5, 0.6) is 0 Å². The van der Waals surface area contributed by atoms with Gasteiger partial charge >= 0.3 is 0 Å². The monoisotopic (exact) mass is 616 g/mol. The molecule has 5 rings (SSSR count). The fourth-order valence-electron chi connectivity index (χ4n) is 7.45. The number of imidazole rings is 2. The number of piperidine rings is 1. The predicted octanol–water partition coefficient (Wildman–Crippen LogP) is 5.14. The van der Waals surface area contributed by atoms with Gasteiger partial charge in [-0.2, -0.15) is 0 Å². The molecule has 2 aliphatic rings. The number of rotatable bonds is 17. The van der Waals surface area contributed by atoms with Crippen LogP contribution in [0.3, 0.4) is 0 Å². The first-order valence-corrected chi connectivity index (χ1v) is 17.4. The molecule has 2 aromatic heterocycles. The van der Waals surface area contributed by atoms with Gasteiger partial charge in [-0.05, 0) is 93.2 Å². The summed E-state index contributed by atoms with van der Waals surface area (Å²) in [5.74, 6) is 2.92. The maximum absolute atomic E-state index is 14.0. The number of hydrogen-bond donors (Lipinski definition) is 3. The molecule has 1 aromatic carbocycles. The van der Waals surface area contributed by atoms with Gasteiger partial charge in [0, 0.05) is 75.9 Å². The zero-order valence-corrected chi connectivity index (χ0v) is 27.7. The molecule has 45 heavy (non-hydrogen) atoms. The molecule has 0 unspecified atom stereocenters. The molecule has 0 bridgehead atoms. The van der Waals surface area contributed by atoms with Crippen LogP contribution < -0.4 is 5.73 Å². The third-order valence-electron chi connectivity index (χ3n) is 9.89. The maximum Gasteiger partial charge on any atom is 0.253 e. The number of nitrogens with two attached hydrogens (primary N) is 1. The number of aromatic amines is 2. The first-order chi connectivity index (χ1) is 21.9. The third-order valence-corrected chi connectivity index (χ3v) is 9.89. The van der Waals surface area contributed by atoms with Crippen LogP contribution in [-0.2, 0) is 19.4 Å². The highest BCUT2D eigenvalue weighted by atomic mass is 16.2. The van der Waals surface area contributed by atoms with Gasteiger partial charge in [-0.1, -0.05) is 38.8 Å². The van der Waals surface area contributed by atoms with E-state index in [1.807, 2.05) is 24.5 Å². The average Bonchev–Trinajstić information content (AvgIpc) is 3.82. The van der Waals surface area contributed by atoms with Crippen LogP contribution >= 0.6 is 0 Å². The highest BCUT2D eigenvalue weighted by molar-refractivity contribution is 5.94. The number of amides is 1. The molecule has 4 N–H and O–H groups in total. The summed E-state index contributed by atoms with van der Waals surface area (Å²) in [6.45, 7) is 13.8. The normalized spacial score (nSPS) is 17.2. The lowest BCUT2D eigenvalue weighted by molar-refractivity contribution is 0.0722. The Morgan fingerprint density at radius 1 is 0.911 bits per heavy atom. The van der Waals surface area contributed by atoms with Crippen LogP contribution in [-0.4, -0.2) is 92.9 Å². The van der Waals surface area contributed by atoms with E-state index < -0.39 is 0 Å². The summed E-state index contributed by atoms with van der Waals surface area (Å²) in [5.41, 5.74) is 8.28. The van der Waals surface area contributed by atoms with Crippen molar-refractivity contribution in [2.75, 3.05) is 52.4 Å². The number of H-pyrrole nitrogens is 2. The minimum atomic E-state index is 0.109. The zero-order valence-electron chi connectivity index (χ0n) is 27.7. The summed E-state index contributed by atoms with van der Waals surface area (Å²) < 4.78 is 0. The fourth-order valence-corrected chi connectivity index (χ4v) is 7.45. The molecule has 4 heterocycles. The van der Waals surface area contributed by atoms with Crippen LogP contribution in [0.25, 0.3) is 0 Å². The molecule has 0 atom stereocenters. The van der Waals surface area contributed by atoms with Gasteiger partial charge in [0.25, 0.3) is 5.91 Å². The molecule has 0 aliphatic carbocycles. The third kappa shape index (κ3) is 9.99. The standard InChI is InChI=1S/C36H56N8O/c1-29(2)25-42-20-11-36(12-21-42)13-22-43(28-36)26-30-7-9-32(10-8-30)35(45)44(19-6-4-3-5-14-37)27-31(23-33-38-15-16-39-33)24-34-40-17-18-41-34/h7-10,15-18,29,31H,3-6,11-14,19-28,37H2,1-2H3,(H,38,39)(H,40,41). The van der Waals surface area contributed by atoms with Gasteiger partial charge in [-0.15, -0.1) is 0 Å². The second-order valence-corrected chi connectivity index (χ2v) is 14.2. The van der Waals surface area contributed by atoms with Crippen molar-refractivity contribution in [2.24, 2.45) is 23.0 Å². The molecule has 2 fully saturated rings. The Bertz CT molecular complexity index is 1210. The fraction of sp³-hybridized carbons (Fsp3) is 0.639. The number of unbranched alkanes of at least 4 members (excludes halogenated alkanes) is 3. The number of carbonyl (C=O) groups is 1. The molecule has 9 nitrogen and oxygen atoms in total. The highest BCUT2D eigenvalue weighted by Gasteiger charge is 2.40. The minimum absolute atomic E-state index is 0.109. The van der Waals surface area contributed by atoms with Crippen molar-refractivity contribution in [2.45, 2.75) is 78.2 Å². The van der Waals surface area contributed by atoms with E-state index in [0.29, 0.717) is 12.0 Å². The summed E-state index contributed by atoms with van der Waals surface area (Å²) in [6, 6.07) is 8.44. The van der Waals surface area contributed by atoms with Gasteiger partial charge in [-0.25, -0.2) is 9.97 Å². The van der Waals surface area contributed by atoms with E-state index in [1.165, 1.54) is 57.5 Å². The molecule has 246 valence electrons. The number of aromatic nitrogens is 4. The Morgan fingerprint density at radius 2 is 1.53 bits per heavy atom. The average molecular weight is 617 g/mol.